The zero-order valence-electron chi connectivity index (χ0n) is 20.4. The lowest BCUT2D eigenvalue weighted by molar-refractivity contribution is -0.133. The summed E-state index contributed by atoms with van der Waals surface area (Å²) in [5.74, 6) is -0.107. The second-order valence-corrected chi connectivity index (χ2v) is 11.4. The predicted octanol–water partition coefficient (Wildman–Crippen LogP) is 3.00. The fraction of sp³-hybridized carbons (Fsp3) is 0.462. The van der Waals surface area contributed by atoms with E-state index >= 15 is 0 Å². The summed E-state index contributed by atoms with van der Waals surface area (Å²) in [7, 11) is -3.92. The van der Waals surface area contributed by atoms with Crippen LogP contribution in [-0.4, -0.2) is 57.4 Å². The van der Waals surface area contributed by atoms with Gasteiger partial charge in [0.2, 0.25) is 21.8 Å². The first-order valence-corrected chi connectivity index (χ1v) is 13.7. The van der Waals surface area contributed by atoms with Crippen LogP contribution >= 0.6 is 0 Å². The van der Waals surface area contributed by atoms with Crippen LogP contribution in [0.1, 0.15) is 38.7 Å². The Labute approximate surface area is 207 Å². The van der Waals surface area contributed by atoms with E-state index in [0.717, 1.165) is 11.3 Å². The monoisotopic (exact) mass is 498 g/mol. The Morgan fingerprint density at radius 2 is 1.74 bits per heavy atom. The third-order valence-corrected chi connectivity index (χ3v) is 8.00. The summed E-state index contributed by atoms with van der Waals surface area (Å²) in [5.41, 5.74) is 2.57. The lowest BCUT2D eigenvalue weighted by Gasteiger charge is -2.38. The average molecular weight is 499 g/mol. The molecule has 0 spiro atoms. The molecule has 2 aliphatic heterocycles. The van der Waals surface area contributed by atoms with Crippen LogP contribution in [0.25, 0.3) is 0 Å². The minimum atomic E-state index is -3.92. The molecule has 0 aliphatic carbocycles. The van der Waals surface area contributed by atoms with E-state index in [0.29, 0.717) is 57.5 Å². The number of benzene rings is 2. The van der Waals surface area contributed by atoms with Crippen LogP contribution in [0, 0.1) is 5.92 Å². The molecule has 9 heteroatoms. The molecule has 2 amide bonds. The molecular weight excluding hydrogens is 464 g/mol. The lowest BCUT2D eigenvalue weighted by atomic mass is 10.0. The van der Waals surface area contributed by atoms with Crippen molar-refractivity contribution in [2.24, 2.45) is 5.92 Å². The minimum Gasteiger partial charge on any atom is -0.368 e. The van der Waals surface area contributed by atoms with Gasteiger partial charge in [-0.25, -0.2) is 8.42 Å². The number of hydrogen-bond acceptors (Lipinski definition) is 5. The third kappa shape index (κ3) is 6.21. The number of carbonyl (C=O) groups excluding carboxylic acids is 2. The maximum absolute atomic E-state index is 13.4. The Hall–Kier alpha value is -2.91. The van der Waals surface area contributed by atoms with Gasteiger partial charge < -0.3 is 15.1 Å². The summed E-state index contributed by atoms with van der Waals surface area (Å²) >= 11 is 0. The summed E-state index contributed by atoms with van der Waals surface area (Å²) < 4.78 is 29.3. The molecule has 1 fully saturated rings. The SMILES string of the molecule is CC(C)CC(NS(=O)(=O)c1ccc2c(c1)CCCC(=O)N2)C(=O)N1CCN(c2ccccc2)CC1. The molecular formula is C26H34N4O4S. The van der Waals surface area contributed by atoms with Crippen LogP contribution in [-0.2, 0) is 26.0 Å². The molecule has 35 heavy (non-hydrogen) atoms. The van der Waals surface area contributed by atoms with Crippen LogP contribution in [0.15, 0.2) is 53.4 Å². The standard InChI is InChI=1S/C26H34N4O4S/c1-19(2)17-24(26(32)30-15-13-29(14-16-30)21-8-4-3-5-9-21)28-35(33,34)22-11-12-23-20(18-22)7-6-10-25(31)27-23/h3-5,8-9,11-12,18-19,24,28H,6-7,10,13-17H2,1-2H3,(H,27,31). The number of para-hydroxylation sites is 1. The van der Waals surface area contributed by atoms with Gasteiger partial charge in [0.15, 0.2) is 0 Å². The second kappa shape index (κ2) is 10.8. The molecule has 8 nitrogen and oxygen atoms in total. The highest BCUT2D eigenvalue weighted by molar-refractivity contribution is 7.89. The number of fused-ring (bicyclic) bond motifs is 1. The number of carbonyl (C=O) groups is 2. The molecule has 0 bridgehead atoms. The van der Waals surface area contributed by atoms with Gasteiger partial charge >= 0.3 is 0 Å². The van der Waals surface area contributed by atoms with Gasteiger partial charge in [0.25, 0.3) is 0 Å². The smallest absolute Gasteiger partial charge is 0.241 e. The largest absolute Gasteiger partial charge is 0.368 e. The van der Waals surface area contributed by atoms with E-state index in [9.17, 15) is 18.0 Å². The normalized spacial score (nSPS) is 17.5. The number of piperazine rings is 1. The van der Waals surface area contributed by atoms with Crippen molar-refractivity contribution >= 4 is 33.2 Å². The Morgan fingerprint density at radius 1 is 1.03 bits per heavy atom. The molecule has 2 N–H and O–H groups in total. The average Bonchev–Trinajstić information content (AvgIpc) is 3.03. The number of anilines is 2. The number of rotatable bonds is 7. The molecule has 1 unspecified atom stereocenters. The summed E-state index contributed by atoms with van der Waals surface area (Å²) in [6, 6.07) is 14.0. The van der Waals surface area contributed by atoms with Crippen molar-refractivity contribution in [3.63, 3.8) is 0 Å². The van der Waals surface area contributed by atoms with Crippen molar-refractivity contribution in [2.45, 2.75) is 50.5 Å². The first kappa shape index (κ1) is 25.2. The van der Waals surface area contributed by atoms with Crippen molar-refractivity contribution in [3.05, 3.63) is 54.1 Å². The van der Waals surface area contributed by atoms with Crippen LogP contribution < -0.4 is 14.9 Å². The van der Waals surface area contributed by atoms with E-state index in [1.807, 2.05) is 32.0 Å². The van der Waals surface area contributed by atoms with E-state index < -0.39 is 16.1 Å². The molecule has 2 aromatic carbocycles. The van der Waals surface area contributed by atoms with Crippen LogP contribution in [0.3, 0.4) is 0 Å². The molecule has 1 atom stereocenters. The number of aryl methyl sites for hydroxylation is 1. The lowest BCUT2D eigenvalue weighted by Crippen LogP contribution is -2.55. The minimum absolute atomic E-state index is 0.0626. The number of nitrogens with zero attached hydrogens (tertiary/aromatic N) is 2. The van der Waals surface area contributed by atoms with Crippen molar-refractivity contribution < 1.29 is 18.0 Å². The predicted molar refractivity (Wildman–Crippen MR) is 137 cm³/mol. The molecule has 4 rings (SSSR count). The van der Waals surface area contributed by atoms with Crippen LogP contribution in [0.4, 0.5) is 11.4 Å². The molecule has 188 valence electrons. The fourth-order valence-electron chi connectivity index (χ4n) is 4.69. The van der Waals surface area contributed by atoms with Crippen molar-refractivity contribution in [1.82, 2.24) is 9.62 Å². The highest BCUT2D eigenvalue weighted by Gasteiger charge is 2.32. The molecule has 1 saturated heterocycles. The number of hydrogen-bond donors (Lipinski definition) is 2. The van der Waals surface area contributed by atoms with Gasteiger partial charge in [0.1, 0.15) is 6.04 Å². The maximum Gasteiger partial charge on any atom is 0.241 e. The summed E-state index contributed by atoms with van der Waals surface area (Å²) in [5, 5.41) is 2.83. The van der Waals surface area contributed by atoms with E-state index in [2.05, 4.69) is 27.1 Å². The zero-order valence-corrected chi connectivity index (χ0v) is 21.2. The van der Waals surface area contributed by atoms with Crippen LogP contribution in [0.2, 0.25) is 0 Å². The maximum atomic E-state index is 13.4. The second-order valence-electron chi connectivity index (χ2n) is 9.67. The molecule has 0 radical (unpaired) electrons. The number of sulfonamides is 1. The Bertz CT molecular complexity index is 1160. The van der Waals surface area contributed by atoms with Crippen LogP contribution in [0.5, 0.6) is 0 Å². The van der Waals surface area contributed by atoms with Crippen molar-refractivity contribution in [3.8, 4) is 0 Å². The third-order valence-electron chi connectivity index (χ3n) is 6.53. The molecule has 0 saturated carbocycles. The first-order chi connectivity index (χ1) is 16.7. The molecule has 0 aromatic heterocycles. The fourth-order valence-corrected chi connectivity index (χ4v) is 5.94. The van der Waals surface area contributed by atoms with Crippen molar-refractivity contribution in [1.29, 1.82) is 0 Å². The van der Waals surface area contributed by atoms with Gasteiger partial charge in [-0.1, -0.05) is 32.0 Å². The van der Waals surface area contributed by atoms with Gasteiger partial charge in [-0.2, -0.15) is 4.72 Å². The summed E-state index contributed by atoms with van der Waals surface area (Å²) in [6.45, 7) is 6.45. The van der Waals surface area contributed by atoms with Gasteiger partial charge in [-0.3, -0.25) is 9.59 Å². The number of nitrogens with one attached hydrogen (secondary N) is 2. The van der Waals surface area contributed by atoms with Gasteiger partial charge in [-0.15, -0.1) is 0 Å². The molecule has 2 heterocycles. The molecule has 2 aliphatic rings. The van der Waals surface area contributed by atoms with E-state index in [4.69, 9.17) is 0 Å². The van der Waals surface area contributed by atoms with Crippen molar-refractivity contribution in [2.75, 3.05) is 36.4 Å². The Morgan fingerprint density at radius 3 is 2.43 bits per heavy atom. The quantitative estimate of drug-likeness (QED) is 0.612. The number of amides is 2. The summed E-state index contributed by atoms with van der Waals surface area (Å²) in [6.07, 6.45) is 2.12. The van der Waals surface area contributed by atoms with E-state index in [-0.39, 0.29) is 22.6 Å². The van der Waals surface area contributed by atoms with Gasteiger partial charge in [0, 0.05) is 44.0 Å². The topological polar surface area (TPSA) is 98.8 Å². The first-order valence-electron chi connectivity index (χ1n) is 12.3. The summed E-state index contributed by atoms with van der Waals surface area (Å²) in [4.78, 5) is 29.4. The van der Waals surface area contributed by atoms with E-state index in [1.165, 1.54) is 6.07 Å². The molecule has 2 aromatic rings. The Kier molecular flexibility index (Phi) is 7.76. The van der Waals surface area contributed by atoms with E-state index in [1.54, 1.807) is 17.0 Å². The van der Waals surface area contributed by atoms with Gasteiger partial charge in [0.05, 0.1) is 4.90 Å². The van der Waals surface area contributed by atoms with Gasteiger partial charge in [-0.05, 0) is 61.1 Å². The highest BCUT2D eigenvalue weighted by atomic mass is 32.2. The Balaban J connectivity index is 1.47. The highest BCUT2D eigenvalue weighted by Crippen LogP contribution is 2.26. The zero-order chi connectivity index (χ0) is 25.0.